The highest BCUT2D eigenvalue weighted by molar-refractivity contribution is 5.96. The van der Waals surface area contributed by atoms with Gasteiger partial charge in [0.2, 0.25) is 0 Å². The molecule has 0 spiro atoms. The maximum atomic E-state index is 14.0. The van der Waals surface area contributed by atoms with E-state index >= 15 is 0 Å². The maximum absolute atomic E-state index is 14.0. The molecular formula is C27H23FN2O4. The second kappa shape index (κ2) is 10.5. The van der Waals surface area contributed by atoms with Gasteiger partial charge in [-0.3, -0.25) is 4.79 Å². The number of furan rings is 1. The van der Waals surface area contributed by atoms with E-state index in [1.54, 1.807) is 42.5 Å². The standard InChI is InChI=1S/C27H23FN2O4/c1-3-8-20-13-18(14-24(32-2)26(20)33-17-21-10-4-6-11-22(21)28)16-29-30-27(31)25-15-19-9-5-7-12-23(19)34-25/h3-7,9-16H,1,8,17H2,2H3,(H,30,31)/b29-16+. The summed E-state index contributed by atoms with van der Waals surface area (Å²) in [6, 6.07) is 19.0. The molecule has 34 heavy (non-hydrogen) atoms. The van der Waals surface area contributed by atoms with Crippen molar-refractivity contribution in [2.45, 2.75) is 13.0 Å². The molecule has 1 aromatic heterocycles. The van der Waals surface area contributed by atoms with Crippen LogP contribution < -0.4 is 14.9 Å². The summed E-state index contributed by atoms with van der Waals surface area (Å²) in [5.41, 5.74) is 5.00. The van der Waals surface area contributed by atoms with E-state index in [4.69, 9.17) is 13.9 Å². The van der Waals surface area contributed by atoms with E-state index in [0.29, 0.717) is 34.6 Å². The number of carbonyl (C=O) groups is 1. The fourth-order valence-electron chi connectivity index (χ4n) is 3.46. The number of nitrogens with one attached hydrogen (secondary N) is 1. The highest BCUT2D eigenvalue weighted by Gasteiger charge is 2.14. The van der Waals surface area contributed by atoms with E-state index in [2.05, 4.69) is 17.1 Å². The van der Waals surface area contributed by atoms with Gasteiger partial charge >= 0.3 is 5.91 Å². The van der Waals surface area contributed by atoms with Crippen molar-refractivity contribution in [3.63, 3.8) is 0 Å². The first-order valence-corrected chi connectivity index (χ1v) is 10.6. The first-order chi connectivity index (χ1) is 16.6. The number of hydrogen-bond donors (Lipinski definition) is 1. The van der Waals surface area contributed by atoms with Crippen molar-refractivity contribution in [1.82, 2.24) is 5.43 Å². The van der Waals surface area contributed by atoms with Gasteiger partial charge in [-0.1, -0.05) is 42.5 Å². The Morgan fingerprint density at radius 2 is 1.91 bits per heavy atom. The summed E-state index contributed by atoms with van der Waals surface area (Å²) < 4.78 is 31.0. The molecule has 0 aliphatic heterocycles. The molecule has 172 valence electrons. The van der Waals surface area contributed by atoms with E-state index in [-0.39, 0.29) is 18.2 Å². The number of fused-ring (bicyclic) bond motifs is 1. The van der Waals surface area contributed by atoms with Crippen LogP contribution in [0.4, 0.5) is 4.39 Å². The Labute approximate surface area is 196 Å². The summed E-state index contributed by atoms with van der Waals surface area (Å²) >= 11 is 0. The van der Waals surface area contributed by atoms with Crippen LogP contribution in [-0.2, 0) is 13.0 Å². The lowest BCUT2D eigenvalue weighted by Crippen LogP contribution is -2.16. The number of amides is 1. The van der Waals surface area contributed by atoms with Crippen molar-refractivity contribution in [3.05, 3.63) is 108 Å². The quantitative estimate of drug-likeness (QED) is 0.200. The Morgan fingerprint density at radius 3 is 2.68 bits per heavy atom. The number of methoxy groups -OCH3 is 1. The largest absolute Gasteiger partial charge is 0.493 e. The SMILES string of the molecule is C=CCc1cc(/C=N/NC(=O)c2cc3ccccc3o2)cc(OC)c1OCc1ccccc1F. The molecule has 0 unspecified atom stereocenters. The molecule has 4 rings (SSSR count). The topological polar surface area (TPSA) is 73.1 Å². The van der Waals surface area contributed by atoms with Crippen LogP contribution >= 0.6 is 0 Å². The number of allylic oxidation sites excluding steroid dienone is 1. The van der Waals surface area contributed by atoms with Crippen LogP contribution in [0.25, 0.3) is 11.0 Å². The summed E-state index contributed by atoms with van der Waals surface area (Å²) in [6.07, 6.45) is 3.72. The van der Waals surface area contributed by atoms with Crippen LogP contribution in [0.15, 0.2) is 88.9 Å². The monoisotopic (exact) mass is 458 g/mol. The number of hydrogen-bond acceptors (Lipinski definition) is 5. The van der Waals surface area contributed by atoms with E-state index in [1.807, 2.05) is 24.3 Å². The Bertz CT molecular complexity index is 1330. The van der Waals surface area contributed by atoms with Crippen LogP contribution in [0.5, 0.6) is 11.5 Å². The third kappa shape index (κ3) is 5.15. The fraction of sp³-hybridized carbons (Fsp3) is 0.111. The molecular weight excluding hydrogens is 435 g/mol. The van der Waals surface area contributed by atoms with Crippen molar-refractivity contribution in [3.8, 4) is 11.5 Å². The van der Waals surface area contributed by atoms with Crippen molar-refractivity contribution >= 4 is 23.1 Å². The highest BCUT2D eigenvalue weighted by Crippen LogP contribution is 2.34. The summed E-state index contributed by atoms with van der Waals surface area (Å²) in [7, 11) is 1.52. The number of rotatable bonds is 9. The van der Waals surface area contributed by atoms with Gasteiger partial charge in [-0.2, -0.15) is 5.10 Å². The number of benzene rings is 3. The van der Waals surface area contributed by atoms with Crippen molar-refractivity contribution in [1.29, 1.82) is 0 Å². The molecule has 1 amide bonds. The molecule has 3 aromatic carbocycles. The van der Waals surface area contributed by atoms with Gasteiger partial charge in [0, 0.05) is 16.5 Å². The molecule has 6 nitrogen and oxygen atoms in total. The number of carbonyl (C=O) groups excluding carboxylic acids is 1. The fourth-order valence-corrected chi connectivity index (χ4v) is 3.46. The molecule has 7 heteroatoms. The number of halogens is 1. The molecule has 0 atom stereocenters. The average Bonchev–Trinajstić information content (AvgIpc) is 3.29. The van der Waals surface area contributed by atoms with Crippen molar-refractivity contribution in [2.75, 3.05) is 7.11 Å². The van der Waals surface area contributed by atoms with Gasteiger partial charge in [-0.15, -0.1) is 6.58 Å². The van der Waals surface area contributed by atoms with Gasteiger partial charge in [-0.25, -0.2) is 9.82 Å². The second-order valence-corrected chi connectivity index (χ2v) is 7.43. The Hall–Kier alpha value is -4.39. The molecule has 1 N–H and O–H groups in total. The zero-order valence-electron chi connectivity index (χ0n) is 18.6. The summed E-state index contributed by atoms with van der Waals surface area (Å²) in [4.78, 5) is 12.4. The molecule has 0 bridgehead atoms. The number of ether oxygens (including phenoxy) is 2. The zero-order chi connectivity index (χ0) is 23.9. The predicted molar refractivity (Wildman–Crippen MR) is 129 cm³/mol. The Balaban J connectivity index is 1.51. The number of para-hydroxylation sites is 1. The minimum atomic E-state index is -0.462. The third-order valence-electron chi connectivity index (χ3n) is 5.10. The molecule has 0 radical (unpaired) electrons. The van der Waals surface area contributed by atoms with Crippen LogP contribution in [0.1, 0.15) is 27.2 Å². The van der Waals surface area contributed by atoms with Gasteiger partial charge in [0.05, 0.1) is 13.3 Å². The predicted octanol–water partition coefficient (Wildman–Crippen LogP) is 5.65. The lowest BCUT2D eigenvalue weighted by molar-refractivity contribution is 0.0929. The second-order valence-electron chi connectivity index (χ2n) is 7.43. The van der Waals surface area contributed by atoms with Crippen LogP contribution in [0.2, 0.25) is 0 Å². The number of hydrazone groups is 1. The van der Waals surface area contributed by atoms with Crippen LogP contribution in [0.3, 0.4) is 0 Å². The molecule has 0 fully saturated rings. The molecule has 1 heterocycles. The third-order valence-corrected chi connectivity index (χ3v) is 5.10. The Kier molecular flexibility index (Phi) is 7.03. The summed E-state index contributed by atoms with van der Waals surface area (Å²) in [6.45, 7) is 3.84. The van der Waals surface area contributed by atoms with E-state index in [0.717, 1.165) is 10.9 Å². The van der Waals surface area contributed by atoms with Gasteiger partial charge < -0.3 is 13.9 Å². The van der Waals surface area contributed by atoms with Crippen molar-refractivity contribution in [2.24, 2.45) is 5.10 Å². The first kappa shape index (κ1) is 22.8. The molecule has 4 aromatic rings. The van der Waals surface area contributed by atoms with Crippen molar-refractivity contribution < 1.29 is 23.1 Å². The average molecular weight is 458 g/mol. The lowest BCUT2D eigenvalue weighted by Gasteiger charge is -2.16. The lowest BCUT2D eigenvalue weighted by atomic mass is 10.1. The highest BCUT2D eigenvalue weighted by atomic mass is 19.1. The summed E-state index contributed by atoms with van der Waals surface area (Å²) in [5, 5.41) is 4.88. The minimum absolute atomic E-state index is 0.0498. The first-order valence-electron chi connectivity index (χ1n) is 10.6. The van der Waals surface area contributed by atoms with Crippen LogP contribution in [-0.4, -0.2) is 19.2 Å². The smallest absolute Gasteiger partial charge is 0.307 e. The summed E-state index contributed by atoms with van der Waals surface area (Å²) in [5.74, 6) is 0.321. The molecule has 0 aliphatic rings. The van der Waals surface area contributed by atoms with E-state index < -0.39 is 5.91 Å². The number of nitrogens with zero attached hydrogens (tertiary/aromatic N) is 1. The molecule has 0 saturated heterocycles. The van der Waals surface area contributed by atoms with Gasteiger partial charge in [0.25, 0.3) is 0 Å². The van der Waals surface area contributed by atoms with E-state index in [1.165, 1.54) is 19.4 Å². The maximum Gasteiger partial charge on any atom is 0.307 e. The normalized spacial score (nSPS) is 11.0. The van der Waals surface area contributed by atoms with Gasteiger partial charge in [-0.05, 0) is 42.3 Å². The van der Waals surface area contributed by atoms with Gasteiger partial charge in [0.15, 0.2) is 17.3 Å². The minimum Gasteiger partial charge on any atom is -0.493 e. The van der Waals surface area contributed by atoms with Crippen LogP contribution in [0, 0.1) is 5.82 Å². The van der Waals surface area contributed by atoms with Gasteiger partial charge in [0.1, 0.15) is 18.0 Å². The zero-order valence-corrected chi connectivity index (χ0v) is 18.6. The van der Waals surface area contributed by atoms with E-state index in [9.17, 15) is 9.18 Å². The Morgan fingerprint density at radius 1 is 1.12 bits per heavy atom. The molecule has 0 aliphatic carbocycles. The molecule has 0 saturated carbocycles.